The van der Waals surface area contributed by atoms with Crippen LogP contribution in [0, 0.1) is 0 Å². The number of aromatic nitrogens is 2. The number of anilines is 1. The summed E-state index contributed by atoms with van der Waals surface area (Å²) in [6.45, 7) is 1.88. The van der Waals surface area contributed by atoms with E-state index in [-0.39, 0.29) is 11.9 Å². The summed E-state index contributed by atoms with van der Waals surface area (Å²) in [6.07, 6.45) is 1.66. The first-order valence-corrected chi connectivity index (χ1v) is 9.01. The van der Waals surface area contributed by atoms with E-state index in [9.17, 15) is 4.79 Å². The Morgan fingerprint density at radius 3 is 2.63 bits per heavy atom. The van der Waals surface area contributed by atoms with E-state index in [2.05, 4.69) is 14.7 Å². The lowest BCUT2D eigenvalue weighted by Crippen LogP contribution is -2.26. The predicted molar refractivity (Wildman–Crippen MR) is 105 cm³/mol. The third-order valence-corrected chi connectivity index (χ3v) is 4.96. The summed E-state index contributed by atoms with van der Waals surface area (Å²) in [4.78, 5) is 17.3. The van der Waals surface area contributed by atoms with E-state index in [0.29, 0.717) is 33.5 Å². The number of nitrogen functional groups attached to an aromatic ring is 1. The zero-order valence-corrected chi connectivity index (χ0v) is 16.0. The third-order valence-electron chi connectivity index (χ3n) is 4.10. The van der Waals surface area contributed by atoms with E-state index in [1.807, 2.05) is 31.2 Å². The molecule has 1 amide bonds. The van der Waals surface area contributed by atoms with Crippen LogP contribution in [0.15, 0.2) is 42.6 Å². The van der Waals surface area contributed by atoms with Gasteiger partial charge in [-0.1, -0.05) is 12.1 Å². The van der Waals surface area contributed by atoms with Crippen LogP contribution in [0.1, 0.15) is 28.2 Å². The summed E-state index contributed by atoms with van der Waals surface area (Å²) < 4.78 is 14.8. The molecule has 0 fully saturated rings. The zero-order chi connectivity index (χ0) is 19.4. The quantitative estimate of drug-likeness (QED) is 0.676. The van der Waals surface area contributed by atoms with Gasteiger partial charge in [-0.3, -0.25) is 9.78 Å². The van der Waals surface area contributed by atoms with Crippen LogP contribution in [0.25, 0.3) is 11.4 Å². The van der Waals surface area contributed by atoms with Gasteiger partial charge in [-0.15, -0.1) is 0 Å². The molecule has 0 spiro atoms. The Balaban J connectivity index is 1.79. The minimum atomic E-state index is -0.283. The lowest BCUT2D eigenvalue weighted by atomic mass is 10.1. The predicted octanol–water partition coefficient (Wildman–Crippen LogP) is 3.30. The normalized spacial score (nSPS) is 11.7. The number of nitrogens with one attached hydrogen (secondary N) is 1. The third kappa shape index (κ3) is 3.85. The first kappa shape index (κ1) is 18.7. The van der Waals surface area contributed by atoms with Gasteiger partial charge < -0.3 is 20.5 Å². The molecule has 2 heterocycles. The second-order valence-corrected chi connectivity index (χ2v) is 6.57. The molecule has 0 aliphatic rings. The van der Waals surface area contributed by atoms with Crippen molar-refractivity contribution in [3.05, 3.63) is 53.0 Å². The Bertz CT molecular complexity index is 943. The molecular formula is C19H20N4O3S. The van der Waals surface area contributed by atoms with Gasteiger partial charge >= 0.3 is 0 Å². The molecule has 7 nitrogen and oxygen atoms in total. The highest BCUT2D eigenvalue weighted by molar-refractivity contribution is 7.09. The van der Waals surface area contributed by atoms with Gasteiger partial charge in [0.05, 0.1) is 31.6 Å². The van der Waals surface area contributed by atoms with Crippen molar-refractivity contribution in [1.82, 2.24) is 14.7 Å². The van der Waals surface area contributed by atoms with Gasteiger partial charge in [0.25, 0.3) is 5.91 Å². The molecular weight excluding hydrogens is 364 g/mol. The van der Waals surface area contributed by atoms with Gasteiger partial charge in [-0.25, -0.2) is 0 Å². The number of ether oxygens (including phenoxy) is 2. The number of pyridine rings is 1. The molecule has 3 aromatic rings. The Hall–Kier alpha value is -3.13. The minimum absolute atomic E-state index is 0.253. The van der Waals surface area contributed by atoms with Gasteiger partial charge in [-0.2, -0.15) is 4.37 Å². The largest absolute Gasteiger partial charge is 0.493 e. The molecule has 1 atom stereocenters. The average Bonchev–Trinajstić information content (AvgIpc) is 3.09. The van der Waals surface area contributed by atoms with Crippen molar-refractivity contribution in [2.24, 2.45) is 0 Å². The maximum Gasteiger partial charge on any atom is 0.265 e. The number of benzene rings is 1. The van der Waals surface area contributed by atoms with Crippen LogP contribution in [-0.2, 0) is 0 Å². The monoisotopic (exact) mass is 384 g/mol. The Morgan fingerprint density at radius 2 is 1.96 bits per heavy atom. The van der Waals surface area contributed by atoms with E-state index in [1.54, 1.807) is 32.5 Å². The lowest BCUT2D eigenvalue weighted by Gasteiger charge is -2.16. The van der Waals surface area contributed by atoms with Crippen LogP contribution >= 0.6 is 11.5 Å². The van der Waals surface area contributed by atoms with Crippen LogP contribution in [0.4, 0.5) is 5.69 Å². The van der Waals surface area contributed by atoms with Crippen molar-refractivity contribution in [2.75, 3.05) is 20.0 Å². The molecule has 3 rings (SSSR count). The number of nitrogens with two attached hydrogens (primary N) is 1. The summed E-state index contributed by atoms with van der Waals surface area (Å²) in [5.74, 6) is 0.951. The number of hydrogen-bond acceptors (Lipinski definition) is 7. The van der Waals surface area contributed by atoms with Crippen LogP contribution in [0.5, 0.6) is 11.5 Å². The standard InChI is InChI=1S/C19H20N4O3S/c1-11(12-7-8-14(25-2)15(10-12)26-3)22-19(24)18-16(20)17(23-27-18)13-6-4-5-9-21-13/h4-11H,20H2,1-3H3,(H,22,24). The van der Waals surface area contributed by atoms with E-state index >= 15 is 0 Å². The molecule has 3 N–H and O–H groups in total. The topological polar surface area (TPSA) is 99.4 Å². The molecule has 0 saturated heterocycles. The van der Waals surface area contributed by atoms with Crippen LogP contribution in [0.2, 0.25) is 0 Å². The first-order chi connectivity index (χ1) is 13.0. The molecule has 8 heteroatoms. The summed E-state index contributed by atoms with van der Waals surface area (Å²) in [7, 11) is 3.15. The molecule has 140 valence electrons. The van der Waals surface area contributed by atoms with Crippen molar-refractivity contribution in [3.8, 4) is 22.9 Å². The van der Waals surface area contributed by atoms with Crippen LogP contribution in [0.3, 0.4) is 0 Å². The molecule has 1 unspecified atom stereocenters. The zero-order valence-electron chi connectivity index (χ0n) is 15.2. The van der Waals surface area contributed by atoms with Crippen molar-refractivity contribution in [3.63, 3.8) is 0 Å². The molecule has 2 aromatic heterocycles. The number of carbonyl (C=O) groups is 1. The number of methoxy groups -OCH3 is 2. The summed E-state index contributed by atoms with van der Waals surface area (Å²) in [5, 5.41) is 2.94. The fraction of sp³-hybridized carbons (Fsp3) is 0.211. The summed E-state index contributed by atoms with van der Waals surface area (Å²) in [6, 6.07) is 10.7. The summed E-state index contributed by atoms with van der Waals surface area (Å²) in [5.41, 5.74) is 8.51. The number of hydrogen-bond donors (Lipinski definition) is 2. The van der Waals surface area contributed by atoms with E-state index < -0.39 is 0 Å². The van der Waals surface area contributed by atoms with Crippen molar-refractivity contribution >= 4 is 23.1 Å². The van der Waals surface area contributed by atoms with E-state index in [0.717, 1.165) is 17.1 Å². The van der Waals surface area contributed by atoms with E-state index in [4.69, 9.17) is 15.2 Å². The SMILES string of the molecule is COc1ccc(C(C)NC(=O)c2snc(-c3ccccn3)c2N)cc1OC. The smallest absolute Gasteiger partial charge is 0.265 e. The molecule has 0 aliphatic heterocycles. The Morgan fingerprint density at radius 1 is 1.19 bits per heavy atom. The van der Waals surface area contributed by atoms with Crippen molar-refractivity contribution < 1.29 is 14.3 Å². The van der Waals surface area contributed by atoms with Crippen molar-refractivity contribution in [2.45, 2.75) is 13.0 Å². The molecule has 0 saturated carbocycles. The van der Waals surface area contributed by atoms with Crippen molar-refractivity contribution in [1.29, 1.82) is 0 Å². The number of carbonyl (C=O) groups excluding carboxylic acids is 1. The fourth-order valence-corrected chi connectivity index (χ4v) is 3.33. The highest BCUT2D eigenvalue weighted by Crippen LogP contribution is 2.32. The molecule has 1 aromatic carbocycles. The van der Waals surface area contributed by atoms with Gasteiger partial charge in [0.2, 0.25) is 0 Å². The molecule has 27 heavy (non-hydrogen) atoms. The Labute approximate surface area is 161 Å². The lowest BCUT2D eigenvalue weighted by molar-refractivity contribution is 0.0944. The van der Waals surface area contributed by atoms with Crippen LogP contribution in [-0.4, -0.2) is 29.5 Å². The maximum atomic E-state index is 12.7. The number of rotatable bonds is 6. The van der Waals surface area contributed by atoms with Crippen LogP contribution < -0.4 is 20.5 Å². The first-order valence-electron chi connectivity index (χ1n) is 8.24. The summed E-state index contributed by atoms with van der Waals surface area (Å²) >= 11 is 1.06. The van der Waals surface area contributed by atoms with Gasteiger partial charge in [0.1, 0.15) is 10.6 Å². The molecule has 0 aliphatic carbocycles. The fourth-order valence-electron chi connectivity index (χ4n) is 2.62. The van der Waals surface area contributed by atoms with Gasteiger partial charge in [0.15, 0.2) is 11.5 Å². The van der Waals surface area contributed by atoms with Gasteiger partial charge in [-0.05, 0) is 48.3 Å². The van der Waals surface area contributed by atoms with Gasteiger partial charge in [0, 0.05) is 6.20 Å². The highest BCUT2D eigenvalue weighted by atomic mass is 32.1. The second kappa shape index (κ2) is 8.05. The average molecular weight is 384 g/mol. The number of nitrogens with zero attached hydrogens (tertiary/aromatic N) is 2. The second-order valence-electron chi connectivity index (χ2n) is 5.80. The molecule has 0 bridgehead atoms. The maximum absolute atomic E-state index is 12.7. The molecule has 0 radical (unpaired) electrons. The minimum Gasteiger partial charge on any atom is -0.493 e. The number of amides is 1. The Kier molecular flexibility index (Phi) is 5.56. The highest BCUT2D eigenvalue weighted by Gasteiger charge is 2.21. The van der Waals surface area contributed by atoms with E-state index in [1.165, 1.54) is 0 Å².